The fourth-order valence-electron chi connectivity index (χ4n) is 2.41. The van der Waals surface area contributed by atoms with Gasteiger partial charge in [0.1, 0.15) is 5.56 Å². The van der Waals surface area contributed by atoms with Crippen LogP contribution in [0.15, 0.2) is 18.2 Å². The highest BCUT2D eigenvalue weighted by Crippen LogP contribution is 2.23. The van der Waals surface area contributed by atoms with Gasteiger partial charge in [0.2, 0.25) is 0 Å². The summed E-state index contributed by atoms with van der Waals surface area (Å²) < 4.78 is 0. The Hall–Kier alpha value is -1.43. The Kier molecular flexibility index (Phi) is 6.81. The van der Waals surface area contributed by atoms with E-state index in [-0.39, 0.29) is 23.2 Å². The number of nitro benzene ring substituents is 1. The predicted octanol–water partition coefficient (Wildman–Crippen LogP) is 3.93. The number of nitro groups is 1. The molecular formula is C15H21BrN2O3. The molecule has 6 heteroatoms. The molecule has 0 saturated heterocycles. The van der Waals surface area contributed by atoms with Gasteiger partial charge in [-0.25, -0.2) is 0 Å². The molecule has 1 aromatic rings. The van der Waals surface area contributed by atoms with E-state index < -0.39 is 4.92 Å². The predicted molar refractivity (Wildman–Crippen MR) is 87.0 cm³/mol. The SMILES string of the molecule is CCC(CC)N(CCBr)C(=O)c1cc(C)ccc1[N+](=O)[O-]. The summed E-state index contributed by atoms with van der Waals surface area (Å²) in [5, 5.41) is 11.8. The number of carbonyl (C=O) groups is 1. The van der Waals surface area contributed by atoms with E-state index in [0.29, 0.717) is 11.9 Å². The third kappa shape index (κ3) is 4.27. The fourth-order valence-corrected chi connectivity index (χ4v) is 2.79. The summed E-state index contributed by atoms with van der Waals surface area (Å²) in [6.45, 7) is 6.41. The van der Waals surface area contributed by atoms with E-state index >= 15 is 0 Å². The summed E-state index contributed by atoms with van der Waals surface area (Å²) in [7, 11) is 0. The molecule has 0 radical (unpaired) electrons. The zero-order valence-electron chi connectivity index (χ0n) is 12.6. The Labute approximate surface area is 133 Å². The zero-order chi connectivity index (χ0) is 16.0. The molecule has 116 valence electrons. The van der Waals surface area contributed by atoms with E-state index in [4.69, 9.17) is 0 Å². The Morgan fingerprint density at radius 2 is 2.00 bits per heavy atom. The van der Waals surface area contributed by atoms with Gasteiger partial charge >= 0.3 is 0 Å². The monoisotopic (exact) mass is 356 g/mol. The minimum Gasteiger partial charge on any atom is -0.335 e. The second-order valence-corrected chi connectivity index (χ2v) is 5.73. The molecule has 0 atom stereocenters. The lowest BCUT2D eigenvalue weighted by molar-refractivity contribution is -0.385. The lowest BCUT2D eigenvalue weighted by atomic mass is 10.0. The maximum absolute atomic E-state index is 12.8. The average molecular weight is 357 g/mol. The normalized spacial score (nSPS) is 10.7. The minimum absolute atomic E-state index is 0.0927. The standard InChI is InChI=1S/C15H21BrN2O3/c1-4-12(5-2)17(9-8-16)15(19)13-10-11(3)6-7-14(13)18(20)21/h6-7,10,12H,4-5,8-9H2,1-3H3. The van der Waals surface area contributed by atoms with Gasteiger partial charge in [0.25, 0.3) is 11.6 Å². The number of carbonyl (C=O) groups excluding carboxylic acids is 1. The van der Waals surface area contributed by atoms with Crippen LogP contribution in [-0.2, 0) is 0 Å². The van der Waals surface area contributed by atoms with Gasteiger partial charge in [0.15, 0.2) is 0 Å². The van der Waals surface area contributed by atoms with Crippen LogP contribution in [0.3, 0.4) is 0 Å². The van der Waals surface area contributed by atoms with Crippen LogP contribution in [0.25, 0.3) is 0 Å². The molecule has 0 heterocycles. The molecule has 0 N–H and O–H groups in total. The maximum Gasteiger partial charge on any atom is 0.282 e. The number of alkyl halides is 1. The van der Waals surface area contributed by atoms with Crippen LogP contribution in [0.4, 0.5) is 5.69 Å². The van der Waals surface area contributed by atoms with Crippen molar-refractivity contribution in [3.05, 3.63) is 39.4 Å². The molecule has 5 nitrogen and oxygen atoms in total. The van der Waals surface area contributed by atoms with Crippen molar-refractivity contribution in [3.63, 3.8) is 0 Å². The molecular weight excluding hydrogens is 336 g/mol. The number of nitrogens with zero attached hydrogens (tertiary/aromatic N) is 2. The van der Waals surface area contributed by atoms with Crippen LogP contribution in [0.1, 0.15) is 42.6 Å². The molecule has 1 amide bonds. The van der Waals surface area contributed by atoms with Gasteiger partial charge in [-0.1, -0.05) is 35.8 Å². The Morgan fingerprint density at radius 1 is 1.38 bits per heavy atom. The van der Waals surface area contributed by atoms with E-state index in [2.05, 4.69) is 15.9 Å². The molecule has 21 heavy (non-hydrogen) atoms. The molecule has 0 aliphatic rings. The summed E-state index contributed by atoms with van der Waals surface area (Å²) in [6, 6.07) is 4.75. The largest absolute Gasteiger partial charge is 0.335 e. The van der Waals surface area contributed by atoms with Crippen LogP contribution < -0.4 is 0 Å². The molecule has 0 bridgehead atoms. The number of rotatable bonds is 7. The van der Waals surface area contributed by atoms with Crippen LogP contribution >= 0.6 is 15.9 Å². The number of halogens is 1. The topological polar surface area (TPSA) is 63.5 Å². The van der Waals surface area contributed by atoms with Gasteiger partial charge in [-0.05, 0) is 31.4 Å². The van der Waals surface area contributed by atoms with Crippen molar-refractivity contribution in [2.24, 2.45) is 0 Å². The smallest absolute Gasteiger partial charge is 0.282 e. The second kappa shape index (κ2) is 8.12. The number of hydrogen-bond donors (Lipinski definition) is 0. The van der Waals surface area contributed by atoms with E-state index in [1.54, 1.807) is 17.0 Å². The van der Waals surface area contributed by atoms with Gasteiger partial charge < -0.3 is 4.90 Å². The number of benzene rings is 1. The Bertz CT molecular complexity index is 516. The molecule has 1 rings (SSSR count). The minimum atomic E-state index is -0.494. The zero-order valence-corrected chi connectivity index (χ0v) is 14.2. The quantitative estimate of drug-likeness (QED) is 0.422. The molecule has 0 saturated carbocycles. The van der Waals surface area contributed by atoms with Crippen molar-refractivity contribution in [1.29, 1.82) is 0 Å². The summed E-state index contributed by atoms with van der Waals surface area (Å²) in [6.07, 6.45) is 1.66. The summed E-state index contributed by atoms with van der Waals surface area (Å²) in [5.74, 6) is -0.265. The lowest BCUT2D eigenvalue weighted by Crippen LogP contribution is -2.41. The summed E-state index contributed by atoms with van der Waals surface area (Å²) >= 11 is 3.35. The first-order valence-corrected chi connectivity index (χ1v) is 8.20. The number of hydrogen-bond acceptors (Lipinski definition) is 3. The first kappa shape index (κ1) is 17.6. The van der Waals surface area contributed by atoms with Gasteiger partial charge in [-0.15, -0.1) is 0 Å². The van der Waals surface area contributed by atoms with Crippen molar-refractivity contribution in [2.45, 2.75) is 39.7 Å². The van der Waals surface area contributed by atoms with Crippen molar-refractivity contribution >= 4 is 27.5 Å². The summed E-state index contributed by atoms with van der Waals surface area (Å²) in [5.41, 5.74) is 0.885. The summed E-state index contributed by atoms with van der Waals surface area (Å²) in [4.78, 5) is 25.2. The molecule has 0 spiro atoms. The first-order valence-electron chi connectivity index (χ1n) is 7.08. The third-order valence-corrected chi connectivity index (χ3v) is 3.90. The number of aryl methyl sites for hydroxylation is 1. The number of amides is 1. The van der Waals surface area contributed by atoms with Gasteiger partial charge in [-0.2, -0.15) is 0 Å². The molecule has 0 fully saturated rings. The lowest BCUT2D eigenvalue weighted by Gasteiger charge is -2.30. The molecule has 1 aromatic carbocycles. The van der Waals surface area contributed by atoms with Crippen molar-refractivity contribution in [2.75, 3.05) is 11.9 Å². The Balaban J connectivity index is 3.25. The van der Waals surface area contributed by atoms with Gasteiger partial charge in [0, 0.05) is 24.0 Å². The van der Waals surface area contributed by atoms with E-state index in [1.807, 2.05) is 20.8 Å². The van der Waals surface area contributed by atoms with Crippen LogP contribution in [0, 0.1) is 17.0 Å². The maximum atomic E-state index is 12.8. The van der Waals surface area contributed by atoms with Gasteiger partial charge in [-0.3, -0.25) is 14.9 Å². The second-order valence-electron chi connectivity index (χ2n) is 4.94. The fraction of sp³-hybridized carbons (Fsp3) is 0.533. The highest BCUT2D eigenvalue weighted by Gasteiger charge is 2.27. The molecule has 0 aliphatic carbocycles. The van der Waals surface area contributed by atoms with E-state index in [1.165, 1.54) is 6.07 Å². The molecule has 0 aliphatic heterocycles. The van der Waals surface area contributed by atoms with Crippen LogP contribution in [0.2, 0.25) is 0 Å². The van der Waals surface area contributed by atoms with Crippen LogP contribution in [0.5, 0.6) is 0 Å². The Morgan fingerprint density at radius 3 is 2.48 bits per heavy atom. The first-order chi connectivity index (χ1) is 9.96. The van der Waals surface area contributed by atoms with Gasteiger partial charge in [0.05, 0.1) is 4.92 Å². The van der Waals surface area contributed by atoms with Crippen molar-refractivity contribution in [1.82, 2.24) is 4.90 Å². The average Bonchev–Trinajstić information content (AvgIpc) is 2.46. The van der Waals surface area contributed by atoms with Crippen molar-refractivity contribution in [3.8, 4) is 0 Å². The van der Waals surface area contributed by atoms with E-state index in [9.17, 15) is 14.9 Å². The van der Waals surface area contributed by atoms with E-state index in [0.717, 1.165) is 18.4 Å². The van der Waals surface area contributed by atoms with Crippen molar-refractivity contribution < 1.29 is 9.72 Å². The van der Waals surface area contributed by atoms with Crippen LogP contribution in [-0.4, -0.2) is 33.6 Å². The highest BCUT2D eigenvalue weighted by atomic mass is 79.9. The molecule has 0 unspecified atom stereocenters. The third-order valence-electron chi connectivity index (χ3n) is 3.55. The molecule has 0 aromatic heterocycles. The highest BCUT2D eigenvalue weighted by molar-refractivity contribution is 9.09.